The first-order valence-corrected chi connectivity index (χ1v) is 15.4. The van der Waals surface area contributed by atoms with Crippen LogP contribution < -0.4 is 0 Å². The van der Waals surface area contributed by atoms with Gasteiger partial charge >= 0.3 is 6.18 Å². The molecule has 6 nitrogen and oxygen atoms in total. The molecule has 0 N–H and O–H groups in total. The first kappa shape index (κ1) is 31.5. The Bertz CT molecular complexity index is 1840. The second kappa shape index (κ2) is 13.9. The van der Waals surface area contributed by atoms with Gasteiger partial charge in [-0.3, -0.25) is 9.59 Å². The fourth-order valence-corrected chi connectivity index (χ4v) is 5.82. The van der Waals surface area contributed by atoms with Gasteiger partial charge < -0.3 is 9.80 Å². The maximum atomic E-state index is 14.5. The van der Waals surface area contributed by atoms with E-state index in [1.807, 2.05) is 90.0 Å². The Balaban J connectivity index is 1.33. The molecule has 0 saturated heterocycles. The van der Waals surface area contributed by atoms with Gasteiger partial charge in [0, 0.05) is 44.5 Å². The second-order valence-corrected chi connectivity index (χ2v) is 11.5. The zero-order chi connectivity index (χ0) is 32.8. The van der Waals surface area contributed by atoms with Gasteiger partial charge in [0.25, 0.3) is 0 Å². The van der Waals surface area contributed by atoms with Crippen LogP contribution in [0.2, 0.25) is 0 Å². The lowest BCUT2D eigenvalue weighted by Gasteiger charge is -2.37. The van der Waals surface area contributed by atoms with Crippen molar-refractivity contribution in [2.24, 2.45) is 0 Å². The summed E-state index contributed by atoms with van der Waals surface area (Å²) in [5.74, 6) is -0.583. The average molecular weight is 635 g/mol. The summed E-state index contributed by atoms with van der Waals surface area (Å²) in [4.78, 5) is 31.9. The lowest BCUT2D eigenvalue weighted by atomic mass is 9.97. The van der Waals surface area contributed by atoms with Gasteiger partial charge in [-0.25, -0.2) is 4.68 Å². The molecule has 1 aromatic heterocycles. The summed E-state index contributed by atoms with van der Waals surface area (Å²) in [7, 11) is 0. The highest BCUT2D eigenvalue weighted by Crippen LogP contribution is 2.29. The zero-order valence-corrected chi connectivity index (χ0v) is 25.6. The van der Waals surface area contributed by atoms with Crippen LogP contribution in [0.5, 0.6) is 0 Å². The number of hydrogen-bond acceptors (Lipinski definition) is 3. The van der Waals surface area contributed by atoms with E-state index in [1.165, 1.54) is 29.8 Å². The summed E-state index contributed by atoms with van der Waals surface area (Å²) in [5.41, 5.74) is 4.53. The van der Waals surface area contributed by atoms with E-state index in [0.29, 0.717) is 25.1 Å². The van der Waals surface area contributed by atoms with Crippen molar-refractivity contribution >= 4 is 17.9 Å². The molecule has 2 amide bonds. The van der Waals surface area contributed by atoms with Crippen LogP contribution in [-0.4, -0.2) is 44.0 Å². The molecule has 1 aliphatic rings. The van der Waals surface area contributed by atoms with Crippen LogP contribution in [0.25, 0.3) is 11.8 Å². The molecule has 6 rings (SSSR count). The first-order chi connectivity index (χ1) is 22.7. The second-order valence-electron chi connectivity index (χ2n) is 11.5. The van der Waals surface area contributed by atoms with Gasteiger partial charge in [-0.1, -0.05) is 78.9 Å². The third kappa shape index (κ3) is 7.69. The Morgan fingerprint density at radius 3 is 2.21 bits per heavy atom. The summed E-state index contributed by atoms with van der Waals surface area (Å²) < 4.78 is 41.1. The van der Waals surface area contributed by atoms with Gasteiger partial charge in [0.2, 0.25) is 11.8 Å². The van der Waals surface area contributed by atoms with E-state index in [4.69, 9.17) is 0 Å². The molecule has 2 heterocycles. The molecule has 1 aliphatic heterocycles. The predicted molar refractivity (Wildman–Crippen MR) is 174 cm³/mol. The van der Waals surface area contributed by atoms with Crippen molar-refractivity contribution in [3.63, 3.8) is 0 Å². The van der Waals surface area contributed by atoms with Crippen molar-refractivity contribution in [3.8, 4) is 5.69 Å². The molecule has 9 heteroatoms. The Hall–Kier alpha value is -5.44. The Labute approximate surface area is 271 Å². The molecular formula is C38H33F3N4O2. The SMILES string of the molecule is O=C([C@H](Cc1ccccc1)N(Cc1ccc(-n2cccn2)cc1)C(=O)/C=C/c1ccc(C(F)(F)F)cc1)N1CCc2ccccc2C1. The zero-order valence-electron chi connectivity index (χ0n) is 25.6. The van der Waals surface area contributed by atoms with E-state index in [0.717, 1.165) is 40.9 Å². The van der Waals surface area contributed by atoms with E-state index in [1.54, 1.807) is 15.8 Å². The molecule has 1 atom stereocenters. The molecule has 0 saturated carbocycles. The normalized spacial score (nSPS) is 13.7. The number of carbonyl (C=O) groups is 2. The number of rotatable bonds is 9. The number of nitrogens with zero attached hydrogens (tertiary/aromatic N) is 4. The van der Waals surface area contributed by atoms with Crippen molar-refractivity contribution in [2.75, 3.05) is 6.54 Å². The molecule has 47 heavy (non-hydrogen) atoms. The maximum Gasteiger partial charge on any atom is 0.416 e. The monoisotopic (exact) mass is 634 g/mol. The highest BCUT2D eigenvalue weighted by molar-refractivity contribution is 5.96. The summed E-state index contributed by atoms with van der Waals surface area (Å²) >= 11 is 0. The lowest BCUT2D eigenvalue weighted by molar-refractivity contribution is -0.144. The van der Waals surface area contributed by atoms with Gasteiger partial charge in [-0.2, -0.15) is 18.3 Å². The van der Waals surface area contributed by atoms with Crippen molar-refractivity contribution in [1.82, 2.24) is 19.6 Å². The van der Waals surface area contributed by atoms with Crippen LogP contribution in [0.3, 0.4) is 0 Å². The summed E-state index contributed by atoms with van der Waals surface area (Å²) in [6.45, 7) is 1.12. The first-order valence-electron chi connectivity index (χ1n) is 15.4. The highest BCUT2D eigenvalue weighted by atomic mass is 19.4. The number of halogens is 3. The lowest BCUT2D eigenvalue weighted by Crippen LogP contribution is -2.52. The number of hydrogen-bond donors (Lipinski definition) is 0. The van der Waals surface area contributed by atoms with Crippen molar-refractivity contribution in [1.29, 1.82) is 0 Å². The minimum atomic E-state index is -4.46. The minimum absolute atomic E-state index is 0.142. The summed E-state index contributed by atoms with van der Waals surface area (Å²) in [5, 5.41) is 4.27. The third-order valence-electron chi connectivity index (χ3n) is 8.37. The van der Waals surface area contributed by atoms with Crippen LogP contribution in [0.1, 0.15) is 33.4 Å². The quantitative estimate of drug-likeness (QED) is 0.162. The molecule has 0 aliphatic carbocycles. The molecule has 0 bridgehead atoms. The molecular weight excluding hydrogens is 601 g/mol. The molecule has 0 radical (unpaired) electrons. The summed E-state index contributed by atoms with van der Waals surface area (Å²) in [6, 6.07) is 30.8. The summed E-state index contributed by atoms with van der Waals surface area (Å²) in [6.07, 6.45) is 2.90. The van der Waals surface area contributed by atoms with Gasteiger partial charge in [-0.05, 0) is 70.6 Å². The van der Waals surface area contributed by atoms with Crippen LogP contribution in [0, 0.1) is 0 Å². The number of aromatic nitrogens is 2. The highest BCUT2D eigenvalue weighted by Gasteiger charge is 2.34. The predicted octanol–water partition coefficient (Wildman–Crippen LogP) is 7.13. The molecule has 0 unspecified atom stereocenters. The van der Waals surface area contributed by atoms with Crippen LogP contribution in [0.4, 0.5) is 13.2 Å². The van der Waals surface area contributed by atoms with E-state index < -0.39 is 23.7 Å². The van der Waals surface area contributed by atoms with Crippen molar-refractivity contribution < 1.29 is 22.8 Å². The number of benzene rings is 4. The maximum absolute atomic E-state index is 14.5. The van der Waals surface area contributed by atoms with Crippen LogP contribution >= 0.6 is 0 Å². The van der Waals surface area contributed by atoms with Crippen LogP contribution in [-0.2, 0) is 41.7 Å². The number of carbonyl (C=O) groups excluding carboxylic acids is 2. The van der Waals surface area contributed by atoms with E-state index in [2.05, 4.69) is 11.2 Å². The molecule has 0 fully saturated rings. The van der Waals surface area contributed by atoms with Gasteiger partial charge in [0.1, 0.15) is 6.04 Å². The third-order valence-corrected chi connectivity index (χ3v) is 8.37. The number of fused-ring (bicyclic) bond motifs is 1. The fourth-order valence-electron chi connectivity index (χ4n) is 5.82. The fraction of sp³-hybridized carbons (Fsp3) is 0.184. The van der Waals surface area contributed by atoms with Crippen molar-refractivity contribution in [3.05, 3.63) is 161 Å². The number of alkyl halides is 3. The number of amides is 2. The standard InChI is InChI=1S/C38H33F3N4O2/c39-38(40,41)33-16-11-28(12-17-33)15-20-36(46)44(26-30-13-18-34(19-14-30)45-23-6-22-42-45)35(25-29-7-2-1-3-8-29)37(47)43-24-21-31-9-4-5-10-32(31)27-43/h1-20,22-23,35H,21,24-27H2/b20-15+/t35-/m0/s1. The topological polar surface area (TPSA) is 58.4 Å². The van der Waals surface area contributed by atoms with E-state index in [9.17, 15) is 22.8 Å². The van der Waals surface area contributed by atoms with Gasteiger partial charge in [-0.15, -0.1) is 0 Å². The largest absolute Gasteiger partial charge is 0.416 e. The Morgan fingerprint density at radius 1 is 0.830 bits per heavy atom. The van der Waals surface area contributed by atoms with E-state index >= 15 is 0 Å². The van der Waals surface area contributed by atoms with Gasteiger partial charge in [0.05, 0.1) is 11.3 Å². The average Bonchev–Trinajstić information content (AvgIpc) is 3.64. The molecule has 0 spiro atoms. The van der Waals surface area contributed by atoms with Crippen LogP contribution in [0.15, 0.2) is 128 Å². The van der Waals surface area contributed by atoms with E-state index in [-0.39, 0.29) is 12.5 Å². The Morgan fingerprint density at radius 2 is 1.53 bits per heavy atom. The molecule has 5 aromatic rings. The smallest absolute Gasteiger partial charge is 0.336 e. The van der Waals surface area contributed by atoms with Crippen molar-refractivity contribution in [2.45, 2.75) is 38.1 Å². The molecule has 238 valence electrons. The molecule has 4 aromatic carbocycles. The Kier molecular flexibility index (Phi) is 9.33. The van der Waals surface area contributed by atoms with Gasteiger partial charge in [0.15, 0.2) is 0 Å². The minimum Gasteiger partial charge on any atom is -0.336 e.